The Morgan fingerprint density at radius 1 is 0.884 bits per heavy atom. The number of carbonyl (C=O) groups is 4. The maximum atomic E-state index is 13.0. The summed E-state index contributed by atoms with van der Waals surface area (Å²) in [4.78, 5) is 51.4. The van der Waals surface area contributed by atoms with Crippen LogP contribution in [0.2, 0.25) is 0 Å². The summed E-state index contributed by atoms with van der Waals surface area (Å²) >= 11 is 0. The van der Waals surface area contributed by atoms with Crippen LogP contribution in [0.1, 0.15) is 75.7 Å². The van der Waals surface area contributed by atoms with Crippen LogP contribution in [-0.2, 0) is 42.9 Å². The van der Waals surface area contributed by atoms with Gasteiger partial charge in [0.2, 0.25) is 0 Å². The Hall–Kier alpha value is -3.28. The van der Waals surface area contributed by atoms with Crippen molar-refractivity contribution in [1.82, 2.24) is 0 Å². The Morgan fingerprint density at radius 2 is 1.37 bits per heavy atom. The van der Waals surface area contributed by atoms with Crippen LogP contribution < -0.4 is 0 Å². The van der Waals surface area contributed by atoms with Crippen molar-refractivity contribution in [2.24, 2.45) is 5.92 Å². The highest BCUT2D eigenvalue weighted by atomic mass is 16.7. The van der Waals surface area contributed by atoms with E-state index in [1.807, 2.05) is 0 Å². The van der Waals surface area contributed by atoms with Gasteiger partial charge >= 0.3 is 23.9 Å². The lowest BCUT2D eigenvalue weighted by Crippen LogP contribution is -2.60. The second-order valence-corrected chi connectivity index (χ2v) is 11.8. The van der Waals surface area contributed by atoms with Gasteiger partial charge in [0.05, 0.1) is 17.6 Å². The molecule has 0 aromatic rings. The van der Waals surface area contributed by atoms with E-state index in [1.165, 1.54) is 20.8 Å². The van der Waals surface area contributed by atoms with Crippen molar-refractivity contribution in [2.75, 3.05) is 0 Å². The van der Waals surface area contributed by atoms with E-state index in [0.29, 0.717) is 11.1 Å². The number of aliphatic hydroxyl groups is 2. The fourth-order valence-electron chi connectivity index (χ4n) is 4.80. The highest BCUT2D eigenvalue weighted by molar-refractivity contribution is 5.89. The van der Waals surface area contributed by atoms with Crippen molar-refractivity contribution in [2.45, 2.75) is 123 Å². The van der Waals surface area contributed by atoms with E-state index in [2.05, 4.69) is 6.58 Å². The lowest BCUT2D eigenvalue weighted by molar-refractivity contribution is -0.185. The molecule has 11 nitrogen and oxygen atoms in total. The summed E-state index contributed by atoms with van der Waals surface area (Å²) in [6.07, 6.45) is -2.66. The average Bonchev–Trinajstić information content (AvgIpc) is 3.64. The largest absolute Gasteiger partial charge is 0.458 e. The number of allylic oxidation sites excluding steroid dienone is 3. The number of ether oxygens (including phenoxy) is 5. The maximum Gasteiger partial charge on any atom is 0.333 e. The van der Waals surface area contributed by atoms with Crippen molar-refractivity contribution in [1.29, 1.82) is 0 Å². The molecule has 1 saturated heterocycles. The van der Waals surface area contributed by atoms with Crippen molar-refractivity contribution in [3.63, 3.8) is 0 Å². The number of esters is 4. The van der Waals surface area contributed by atoms with Gasteiger partial charge in [0.25, 0.3) is 0 Å². The first-order valence-corrected chi connectivity index (χ1v) is 14.3. The van der Waals surface area contributed by atoms with Crippen LogP contribution in [0.25, 0.3) is 0 Å². The molecule has 240 valence electrons. The van der Waals surface area contributed by atoms with Crippen LogP contribution in [0.15, 0.2) is 47.1 Å². The van der Waals surface area contributed by atoms with E-state index < -0.39 is 77.6 Å². The standard InChI is InChI=1S/C32H46O11/c1-12-16(4)28(35)40-21(15-22(34)31(9,10)38)19(7)23-24(39-20(8)33)26(42-30(37)18(6)14-3)32(11)27(43-32)25(23)41-29(36)17(5)13-2/h12-14,21-27,34,38H,7,15H2,1-6,8-11H3. The molecule has 8 unspecified atom stereocenters. The quantitative estimate of drug-likeness (QED) is 0.110. The molecule has 1 aliphatic carbocycles. The highest BCUT2D eigenvalue weighted by Gasteiger charge is 2.74. The van der Waals surface area contributed by atoms with Gasteiger partial charge in [0.1, 0.15) is 23.9 Å². The van der Waals surface area contributed by atoms with E-state index >= 15 is 0 Å². The van der Waals surface area contributed by atoms with E-state index in [0.717, 1.165) is 0 Å². The van der Waals surface area contributed by atoms with Crippen LogP contribution >= 0.6 is 0 Å². The first kappa shape index (κ1) is 35.9. The number of carbonyl (C=O) groups excluding carboxylic acids is 4. The predicted octanol–water partition coefficient (Wildman–Crippen LogP) is 3.42. The third-order valence-electron chi connectivity index (χ3n) is 8.15. The Kier molecular flexibility index (Phi) is 11.7. The number of hydrogen-bond acceptors (Lipinski definition) is 11. The molecule has 2 aliphatic rings. The monoisotopic (exact) mass is 606 g/mol. The van der Waals surface area contributed by atoms with Gasteiger partial charge < -0.3 is 33.9 Å². The molecule has 43 heavy (non-hydrogen) atoms. The van der Waals surface area contributed by atoms with Crippen LogP contribution in [0.5, 0.6) is 0 Å². The molecule has 0 radical (unpaired) electrons. The van der Waals surface area contributed by atoms with Crippen molar-refractivity contribution < 1.29 is 53.1 Å². The normalized spacial score (nSPS) is 29.0. The Morgan fingerprint density at radius 3 is 1.84 bits per heavy atom. The molecule has 2 rings (SSSR count). The smallest absolute Gasteiger partial charge is 0.333 e. The Labute approximate surface area is 253 Å². The molecular formula is C32H46O11. The number of hydrogen-bond donors (Lipinski definition) is 2. The number of epoxide rings is 1. The Balaban J connectivity index is 2.73. The zero-order chi connectivity index (χ0) is 33.0. The molecule has 1 heterocycles. The number of aliphatic hydroxyl groups excluding tert-OH is 1. The molecule has 11 heteroatoms. The molecule has 1 aliphatic heterocycles. The van der Waals surface area contributed by atoms with E-state index in [9.17, 15) is 29.4 Å². The summed E-state index contributed by atoms with van der Waals surface area (Å²) in [6.45, 7) is 19.5. The molecular weight excluding hydrogens is 560 g/mol. The molecule has 2 N–H and O–H groups in total. The Bertz CT molecular complexity index is 1200. The third kappa shape index (κ3) is 8.21. The number of rotatable bonds is 12. The fraction of sp³-hybridized carbons (Fsp3) is 0.625. The fourth-order valence-corrected chi connectivity index (χ4v) is 4.80. The second kappa shape index (κ2) is 14.0. The molecule has 0 bridgehead atoms. The second-order valence-electron chi connectivity index (χ2n) is 11.8. The summed E-state index contributed by atoms with van der Waals surface area (Å²) < 4.78 is 29.4. The summed E-state index contributed by atoms with van der Waals surface area (Å²) in [5.41, 5.74) is -1.81. The zero-order valence-electron chi connectivity index (χ0n) is 26.8. The molecule has 0 amide bonds. The van der Waals surface area contributed by atoms with E-state index in [4.69, 9.17) is 23.7 Å². The van der Waals surface area contributed by atoms with Crippen LogP contribution in [0.3, 0.4) is 0 Å². The molecule has 8 atom stereocenters. The predicted molar refractivity (Wildman–Crippen MR) is 156 cm³/mol. The average molecular weight is 607 g/mol. The van der Waals surface area contributed by atoms with Crippen LogP contribution in [-0.4, -0.2) is 81.9 Å². The maximum absolute atomic E-state index is 13.0. The van der Waals surface area contributed by atoms with Crippen LogP contribution in [0.4, 0.5) is 0 Å². The van der Waals surface area contributed by atoms with Gasteiger partial charge in [-0.05, 0) is 67.9 Å². The minimum atomic E-state index is -1.59. The summed E-state index contributed by atoms with van der Waals surface area (Å²) in [7, 11) is 0. The van der Waals surface area contributed by atoms with Gasteiger partial charge in [0.15, 0.2) is 12.2 Å². The molecule has 2 fully saturated rings. The van der Waals surface area contributed by atoms with Crippen molar-refractivity contribution in [3.05, 3.63) is 47.1 Å². The lowest BCUT2D eigenvalue weighted by Gasteiger charge is -2.43. The molecule has 0 spiro atoms. The first-order valence-electron chi connectivity index (χ1n) is 14.3. The summed E-state index contributed by atoms with van der Waals surface area (Å²) in [5.74, 6) is -3.90. The van der Waals surface area contributed by atoms with Gasteiger partial charge in [-0.3, -0.25) is 4.79 Å². The summed E-state index contributed by atoms with van der Waals surface area (Å²) in [6, 6.07) is 0. The third-order valence-corrected chi connectivity index (χ3v) is 8.15. The molecule has 1 saturated carbocycles. The summed E-state index contributed by atoms with van der Waals surface area (Å²) in [5, 5.41) is 21.3. The molecule has 0 aromatic heterocycles. The highest BCUT2D eigenvalue weighted by Crippen LogP contribution is 2.55. The van der Waals surface area contributed by atoms with Gasteiger partial charge in [0, 0.05) is 30.1 Å². The molecule has 0 aromatic carbocycles. The lowest BCUT2D eigenvalue weighted by atomic mass is 9.71. The van der Waals surface area contributed by atoms with Crippen molar-refractivity contribution >= 4 is 23.9 Å². The van der Waals surface area contributed by atoms with Gasteiger partial charge in [-0.15, -0.1) is 0 Å². The topological polar surface area (TPSA) is 158 Å². The first-order chi connectivity index (χ1) is 19.8. The van der Waals surface area contributed by atoms with Gasteiger partial charge in [-0.25, -0.2) is 14.4 Å². The minimum absolute atomic E-state index is 0.101. The SMILES string of the molecule is C=C(C(CC(O)C(C)(C)O)OC(=O)C(C)=CC)C1C(OC(C)=O)C(OC(=O)C(C)=CC)C2(C)OC2C1OC(=O)C(C)=CC. The van der Waals surface area contributed by atoms with Gasteiger partial charge in [-0.2, -0.15) is 0 Å². The van der Waals surface area contributed by atoms with Crippen LogP contribution in [0, 0.1) is 5.92 Å². The minimum Gasteiger partial charge on any atom is -0.458 e. The zero-order valence-corrected chi connectivity index (χ0v) is 26.8. The van der Waals surface area contributed by atoms with E-state index in [1.54, 1.807) is 66.7 Å². The van der Waals surface area contributed by atoms with Crippen molar-refractivity contribution in [3.8, 4) is 0 Å². The van der Waals surface area contributed by atoms with Gasteiger partial charge in [-0.1, -0.05) is 24.8 Å². The van der Waals surface area contributed by atoms with E-state index in [-0.39, 0.29) is 17.6 Å². The number of fused-ring (bicyclic) bond motifs is 1.